The van der Waals surface area contributed by atoms with Crippen LogP contribution in [0.25, 0.3) is 0 Å². The topological polar surface area (TPSA) is 87.0 Å². The van der Waals surface area contributed by atoms with Crippen LogP contribution in [0.2, 0.25) is 0 Å². The highest BCUT2D eigenvalue weighted by atomic mass is 16.6. The van der Waals surface area contributed by atoms with E-state index in [9.17, 15) is 10.1 Å². The Kier molecular flexibility index (Phi) is 2.55. The molecule has 0 atom stereocenters. The lowest BCUT2D eigenvalue weighted by Gasteiger charge is -2.05. The lowest BCUT2D eigenvalue weighted by atomic mass is 10.1. The van der Waals surface area contributed by atoms with Gasteiger partial charge in [0.15, 0.2) is 0 Å². The van der Waals surface area contributed by atoms with Crippen molar-refractivity contribution >= 4 is 11.4 Å². The van der Waals surface area contributed by atoms with Gasteiger partial charge < -0.3 is 10.3 Å². The largest absolute Gasteiger partial charge is 0.398 e. The minimum atomic E-state index is -0.434. The van der Waals surface area contributed by atoms with E-state index in [0.717, 1.165) is 0 Å². The molecule has 0 aliphatic carbocycles. The van der Waals surface area contributed by atoms with Gasteiger partial charge in [-0.1, -0.05) is 0 Å². The van der Waals surface area contributed by atoms with Crippen molar-refractivity contribution in [1.29, 1.82) is 0 Å². The summed E-state index contributed by atoms with van der Waals surface area (Å²) in [5.74, 6) is 0. The van der Waals surface area contributed by atoms with Gasteiger partial charge in [0.05, 0.1) is 17.8 Å². The molecule has 0 aliphatic heterocycles. The van der Waals surface area contributed by atoms with Crippen molar-refractivity contribution in [2.24, 2.45) is 0 Å². The van der Waals surface area contributed by atoms with E-state index >= 15 is 0 Å². The molecule has 0 radical (unpaired) electrons. The van der Waals surface area contributed by atoms with Crippen molar-refractivity contribution in [3.05, 3.63) is 52.6 Å². The van der Waals surface area contributed by atoms with E-state index in [2.05, 4.69) is 4.98 Å². The van der Waals surface area contributed by atoms with Crippen LogP contribution in [-0.4, -0.2) is 14.5 Å². The van der Waals surface area contributed by atoms with Gasteiger partial charge in [-0.15, -0.1) is 0 Å². The zero-order valence-corrected chi connectivity index (χ0v) is 8.41. The standard InChI is InChI=1S/C10H10N4O2/c11-10-2-1-9(14(15)16)5-8(10)6-13-4-3-12-7-13/h1-5,7H,6,11H2. The van der Waals surface area contributed by atoms with Gasteiger partial charge in [0, 0.05) is 35.8 Å². The van der Waals surface area contributed by atoms with Gasteiger partial charge in [-0.05, 0) is 6.07 Å². The third-order valence-corrected chi connectivity index (χ3v) is 2.25. The maximum absolute atomic E-state index is 10.6. The summed E-state index contributed by atoms with van der Waals surface area (Å²) in [6.07, 6.45) is 5.06. The maximum atomic E-state index is 10.6. The molecule has 0 saturated heterocycles. The van der Waals surface area contributed by atoms with Gasteiger partial charge in [-0.25, -0.2) is 4.98 Å². The highest BCUT2D eigenvalue weighted by molar-refractivity contribution is 5.52. The fourth-order valence-electron chi connectivity index (χ4n) is 1.42. The molecule has 2 aromatic rings. The van der Waals surface area contributed by atoms with Crippen LogP contribution in [0, 0.1) is 10.1 Å². The van der Waals surface area contributed by atoms with E-state index in [-0.39, 0.29) is 5.69 Å². The fraction of sp³-hybridized carbons (Fsp3) is 0.100. The number of benzene rings is 1. The first-order chi connectivity index (χ1) is 7.66. The molecular formula is C10H10N4O2. The Morgan fingerprint density at radius 3 is 2.94 bits per heavy atom. The molecule has 6 nitrogen and oxygen atoms in total. The third-order valence-electron chi connectivity index (χ3n) is 2.25. The van der Waals surface area contributed by atoms with Crippen LogP contribution >= 0.6 is 0 Å². The maximum Gasteiger partial charge on any atom is 0.269 e. The molecular weight excluding hydrogens is 208 g/mol. The molecule has 0 bridgehead atoms. The SMILES string of the molecule is Nc1ccc([N+](=O)[O-])cc1Cn1ccnc1. The van der Waals surface area contributed by atoms with Crippen molar-refractivity contribution in [1.82, 2.24) is 9.55 Å². The first-order valence-electron chi connectivity index (χ1n) is 4.65. The smallest absolute Gasteiger partial charge is 0.269 e. The molecule has 0 spiro atoms. The Labute approximate surface area is 91.5 Å². The van der Waals surface area contributed by atoms with E-state index in [4.69, 9.17) is 5.73 Å². The quantitative estimate of drug-likeness (QED) is 0.479. The van der Waals surface area contributed by atoms with Gasteiger partial charge in [-0.2, -0.15) is 0 Å². The van der Waals surface area contributed by atoms with Crippen molar-refractivity contribution in [3.63, 3.8) is 0 Å². The second kappa shape index (κ2) is 4.01. The molecule has 0 aliphatic rings. The summed E-state index contributed by atoms with van der Waals surface area (Å²) in [7, 11) is 0. The number of nitrogen functional groups attached to an aromatic ring is 1. The molecule has 2 N–H and O–H groups in total. The Morgan fingerprint density at radius 2 is 2.31 bits per heavy atom. The summed E-state index contributed by atoms with van der Waals surface area (Å²) in [5.41, 5.74) is 7.05. The molecule has 1 aromatic carbocycles. The average molecular weight is 218 g/mol. The van der Waals surface area contributed by atoms with E-state index in [1.54, 1.807) is 29.4 Å². The molecule has 1 heterocycles. The number of anilines is 1. The van der Waals surface area contributed by atoms with Crippen LogP contribution in [0.5, 0.6) is 0 Å². The predicted octanol–water partition coefficient (Wildman–Crippen LogP) is 1.42. The van der Waals surface area contributed by atoms with E-state index < -0.39 is 4.92 Å². The van der Waals surface area contributed by atoms with Crippen LogP contribution in [0.4, 0.5) is 11.4 Å². The van der Waals surface area contributed by atoms with Gasteiger partial charge in [0.1, 0.15) is 0 Å². The number of non-ortho nitro benzene ring substituents is 1. The van der Waals surface area contributed by atoms with Crippen LogP contribution in [-0.2, 0) is 6.54 Å². The third kappa shape index (κ3) is 2.00. The Morgan fingerprint density at radius 1 is 1.50 bits per heavy atom. The number of nitro groups is 1. The minimum absolute atomic E-state index is 0.0457. The first-order valence-corrected chi connectivity index (χ1v) is 4.65. The summed E-state index contributed by atoms with van der Waals surface area (Å²) in [6, 6.07) is 4.42. The summed E-state index contributed by atoms with van der Waals surface area (Å²) in [6.45, 7) is 0.480. The van der Waals surface area contributed by atoms with Crippen molar-refractivity contribution in [2.75, 3.05) is 5.73 Å². The van der Waals surface area contributed by atoms with Crippen LogP contribution in [0.15, 0.2) is 36.9 Å². The number of nitrogens with zero attached hydrogens (tertiary/aromatic N) is 3. The van der Waals surface area contributed by atoms with Crippen molar-refractivity contribution in [3.8, 4) is 0 Å². The predicted molar refractivity (Wildman–Crippen MR) is 58.8 cm³/mol. The number of aromatic nitrogens is 2. The molecule has 0 fully saturated rings. The number of hydrogen-bond donors (Lipinski definition) is 1. The zero-order chi connectivity index (χ0) is 11.5. The first kappa shape index (κ1) is 10.2. The number of hydrogen-bond acceptors (Lipinski definition) is 4. The fourth-order valence-corrected chi connectivity index (χ4v) is 1.42. The molecule has 6 heteroatoms. The number of imidazole rings is 1. The molecule has 1 aromatic heterocycles. The van der Waals surface area contributed by atoms with Gasteiger partial charge >= 0.3 is 0 Å². The molecule has 2 rings (SSSR count). The second-order valence-corrected chi connectivity index (χ2v) is 3.38. The average Bonchev–Trinajstić information content (AvgIpc) is 2.73. The lowest BCUT2D eigenvalue weighted by molar-refractivity contribution is -0.384. The van der Waals surface area contributed by atoms with Crippen molar-refractivity contribution in [2.45, 2.75) is 6.54 Å². The van der Waals surface area contributed by atoms with Gasteiger partial charge in [0.2, 0.25) is 0 Å². The van der Waals surface area contributed by atoms with E-state index in [0.29, 0.717) is 17.8 Å². The highest BCUT2D eigenvalue weighted by Crippen LogP contribution is 2.20. The summed E-state index contributed by atoms with van der Waals surface area (Å²) in [4.78, 5) is 14.1. The van der Waals surface area contributed by atoms with E-state index in [1.165, 1.54) is 12.1 Å². The van der Waals surface area contributed by atoms with Gasteiger partial charge in [0.25, 0.3) is 5.69 Å². The monoisotopic (exact) mass is 218 g/mol. The Bertz CT molecular complexity index is 508. The second-order valence-electron chi connectivity index (χ2n) is 3.38. The number of nitrogens with two attached hydrogens (primary N) is 1. The van der Waals surface area contributed by atoms with Gasteiger partial charge in [-0.3, -0.25) is 10.1 Å². The normalized spacial score (nSPS) is 10.2. The summed E-state index contributed by atoms with van der Waals surface area (Å²) < 4.78 is 1.80. The number of rotatable bonds is 3. The zero-order valence-electron chi connectivity index (χ0n) is 8.41. The highest BCUT2D eigenvalue weighted by Gasteiger charge is 2.09. The molecule has 0 unspecified atom stereocenters. The molecule has 82 valence electrons. The molecule has 0 amide bonds. The molecule has 0 saturated carbocycles. The summed E-state index contributed by atoms with van der Waals surface area (Å²) in [5, 5.41) is 10.6. The Balaban J connectivity index is 2.32. The minimum Gasteiger partial charge on any atom is -0.398 e. The van der Waals surface area contributed by atoms with Crippen molar-refractivity contribution < 1.29 is 4.92 Å². The summed E-state index contributed by atoms with van der Waals surface area (Å²) >= 11 is 0. The van der Waals surface area contributed by atoms with Crippen LogP contribution in [0.1, 0.15) is 5.56 Å². The number of nitro benzene ring substituents is 1. The van der Waals surface area contributed by atoms with E-state index in [1.807, 2.05) is 0 Å². The van der Waals surface area contributed by atoms with Crippen LogP contribution < -0.4 is 5.73 Å². The molecule has 16 heavy (non-hydrogen) atoms. The lowest BCUT2D eigenvalue weighted by Crippen LogP contribution is -2.02. The van der Waals surface area contributed by atoms with Crippen LogP contribution in [0.3, 0.4) is 0 Å². The Hall–Kier alpha value is -2.37.